The second-order valence-electron chi connectivity index (χ2n) is 4.08. The summed E-state index contributed by atoms with van der Waals surface area (Å²) in [6.07, 6.45) is 2.80. The van der Waals surface area contributed by atoms with Crippen molar-refractivity contribution < 1.29 is 19.4 Å². The number of rotatable bonds is 4. The van der Waals surface area contributed by atoms with Crippen molar-refractivity contribution in [3.8, 4) is 16.9 Å². The van der Waals surface area contributed by atoms with Crippen LogP contribution in [0.4, 0.5) is 0 Å². The second-order valence-corrected chi connectivity index (χ2v) is 4.47. The summed E-state index contributed by atoms with van der Waals surface area (Å²) in [4.78, 5) is 19.8. The van der Waals surface area contributed by atoms with Crippen LogP contribution in [-0.4, -0.2) is 35.3 Å². The molecule has 0 saturated heterocycles. The van der Waals surface area contributed by atoms with Crippen LogP contribution in [0, 0.1) is 0 Å². The minimum absolute atomic E-state index is 0.246. The number of hydrogen-bond donors (Lipinski definition) is 1. The molecule has 0 saturated carbocycles. The maximum Gasteiger partial charge on any atom is 0.340 e. The quantitative estimate of drug-likeness (QED) is 0.688. The number of carbonyl (C=O) groups is 1. The predicted octanol–water partition coefficient (Wildman–Crippen LogP) is 2.08. The largest absolute Gasteiger partial charge is 0.494 e. The summed E-state index contributed by atoms with van der Waals surface area (Å²) in [5.74, 6) is -0.100. The van der Waals surface area contributed by atoms with E-state index in [4.69, 9.17) is 21.1 Å². The third-order valence-electron chi connectivity index (χ3n) is 2.87. The van der Waals surface area contributed by atoms with Crippen LogP contribution in [0.25, 0.3) is 11.1 Å². The number of carbonyl (C=O) groups excluding carboxylic acids is 1. The molecule has 0 bridgehead atoms. The molecule has 1 N–H and O–H groups in total. The molecule has 0 spiro atoms. The number of methoxy groups -OCH3 is 2. The highest BCUT2D eigenvalue weighted by Crippen LogP contribution is 2.34. The normalized spacial score (nSPS) is 10.3. The number of esters is 1. The van der Waals surface area contributed by atoms with Crippen molar-refractivity contribution in [2.75, 3.05) is 14.2 Å². The maximum absolute atomic E-state index is 11.9. The van der Waals surface area contributed by atoms with Crippen molar-refractivity contribution in [1.82, 2.24) is 9.97 Å². The van der Waals surface area contributed by atoms with Crippen LogP contribution in [0.15, 0.2) is 24.5 Å². The van der Waals surface area contributed by atoms with Gasteiger partial charge in [0.2, 0.25) is 0 Å². The van der Waals surface area contributed by atoms with Crippen LogP contribution >= 0.6 is 11.6 Å². The van der Waals surface area contributed by atoms with Gasteiger partial charge in [-0.15, -0.1) is 0 Å². The van der Waals surface area contributed by atoms with Crippen LogP contribution in [0.5, 0.6) is 5.75 Å². The van der Waals surface area contributed by atoms with Gasteiger partial charge in [-0.25, -0.2) is 9.78 Å². The molecular weight excluding hydrogens is 296 g/mol. The zero-order chi connectivity index (χ0) is 15.4. The van der Waals surface area contributed by atoms with Crippen LogP contribution in [0.2, 0.25) is 5.15 Å². The van der Waals surface area contributed by atoms with Gasteiger partial charge in [-0.1, -0.05) is 11.6 Å². The van der Waals surface area contributed by atoms with Gasteiger partial charge in [0.15, 0.2) is 0 Å². The van der Waals surface area contributed by atoms with Crippen LogP contribution in [0.1, 0.15) is 16.1 Å². The molecule has 7 heteroatoms. The van der Waals surface area contributed by atoms with Gasteiger partial charge >= 0.3 is 5.97 Å². The van der Waals surface area contributed by atoms with Gasteiger partial charge in [-0.3, -0.25) is 4.98 Å². The molecule has 0 aliphatic rings. The van der Waals surface area contributed by atoms with E-state index < -0.39 is 5.97 Å². The highest BCUT2D eigenvalue weighted by atomic mass is 35.5. The van der Waals surface area contributed by atoms with Crippen molar-refractivity contribution >= 4 is 17.6 Å². The average Bonchev–Trinajstić information content (AvgIpc) is 2.53. The lowest BCUT2D eigenvalue weighted by molar-refractivity contribution is 0.0601. The maximum atomic E-state index is 11.9. The van der Waals surface area contributed by atoms with Crippen LogP contribution in [0.3, 0.4) is 0 Å². The molecule has 0 fully saturated rings. The SMILES string of the molecule is COC(=O)c1cnc(CO)cc1-c1cc(Cl)ncc1OC. The van der Waals surface area contributed by atoms with E-state index in [0.717, 1.165) is 0 Å². The number of aromatic nitrogens is 2. The molecule has 2 aromatic rings. The molecular formula is C14H13ClN2O4. The molecule has 0 radical (unpaired) electrons. The van der Waals surface area contributed by atoms with E-state index in [1.54, 1.807) is 12.1 Å². The third kappa shape index (κ3) is 3.12. The number of ether oxygens (including phenoxy) is 2. The lowest BCUT2D eigenvalue weighted by Crippen LogP contribution is -2.06. The molecule has 6 nitrogen and oxygen atoms in total. The van der Waals surface area contributed by atoms with E-state index in [1.165, 1.54) is 26.6 Å². The van der Waals surface area contributed by atoms with Crippen molar-refractivity contribution in [1.29, 1.82) is 0 Å². The lowest BCUT2D eigenvalue weighted by atomic mass is 10.0. The summed E-state index contributed by atoms with van der Waals surface area (Å²) in [6.45, 7) is -0.254. The topological polar surface area (TPSA) is 81.5 Å². The Labute approximate surface area is 126 Å². The van der Waals surface area contributed by atoms with E-state index in [9.17, 15) is 9.90 Å². The lowest BCUT2D eigenvalue weighted by Gasteiger charge is -2.12. The Morgan fingerprint density at radius 1 is 1.24 bits per heavy atom. The first-order valence-electron chi connectivity index (χ1n) is 5.98. The van der Waals surface area contributed by atoms with E-state index >= 15 is 0 Å². The Hall–Kier alpha value is -2.18. The van der Waals surface area contributed by atoms with Crippen LogP contribution < -0.4 is 4.74 Å². The molecule has 2 aromatic heterocycles. The Balaban J connectivity index is 2.71. The number of aliphatic hydroxyl groups excluding tert-OH is 1. The summed E-state index contributed by atoms with van der Waals surface area (Å²) in [6, 6.07) is 3.16. The Morgan fingerprint density at radius 3 is 2.62 bits per heavy atom. The number of nitrogens with zero attached hydrogens (tertiary/aromatic N) is 2. The molecule has 2 rings (SSSR count). The van der Waals surface area contributed by atoms with Gasteiger partial charge in [0, 0.05) is 17.3 Å². The number of halogens is 1. The average molecular weight is 309 g/mol. The smallest absolute Gasteiger partial charge is 0.340 e. The Bertz CT molecular complexity index is 676. The number of aliphatic hydroxyl groups is 1. The number of pyridine rings is 2. The molecule has 110 valence electrons. The van der Waals surface area contributed by atoms with E-state index in [0.29, 0.717) is 22.6 Å². The molecule has 0 amide bonds. The third-order valence-corrected chi connectivity index (χ3v) is 3.08. The molecule has 0 aliphatic carbocycles. The fourth-order valence-electron chi connectivity index (χ4n) is 1.87. The summed E-state index contributed by atoms with van der Waals surface area (Å²) in [5.41, 5.74) is 1.72. The molecule has 2 heterocycles. The van der Waals surface area contributed by atoms with E-state index in [2.05, 4.69) is 9.97 Å². The second kappa shape index (κ2) is 6.51. The first kappa shape index (κ1) is 15.2. The fraction of sp³-hybridized carbons (Fsp3) is 0.214. The van der Waals surface area contributed by atoms with Gasteiger partial charge in [-0.2, -0.15) is 0 Å². The molecule has 0 aromatic carbocycles. The van der Waals surface area contributed by atoms with Gasteiger partial charge in [0.25, 0.3) is 0 Å². The zero-order valence-corrected chi connectivity index (χ0v) is 12.2. The summed E-state index contributed by atoms with van der Waals surface area (Å²) < 4.78 is 9.99. The summed E-state index contributed by atoms with van der Waals surface area (Å²) in [7, 11) is 2.77. The van der Waals surface area contributed by atoms with E-state index in [1.807, 2.05) is 0 Å². The van der Waals surface area contributed by atoms with Crippen molar-refractivity contribution in [3.63, 3.8) is 0 Å². The zero-order valence-electron chi connectivity index (χ0n) is 11.5. The van der Waals surface area contributed by atoms with Crippen molar-refractivity contribution in [2.24, 2.45) is 0 Å². The standard InChI is InChI=1S/C14H13ClN2O4/c1-20-12-6-17-13(15)4-10(12)9-3-8(7-18)16-5-11(9)14(19)21-2/h3-6,18H,7H2,1-2H3. The van der Waals surface area contributed by atoms with Gasteiger partial charge in [0.1, 0.15) is 10.9 Å². The van der Waals surface area contributed by atoms with Crippen molar-refractivity contribution in [2.45, 2.75) is 6.61 Å². The number of hydrogen-bond acceptors (Lipinski definition) is 6. The summed E-state index contributed by atoms with van der Waals surface area (Å²) >= 11 is 5.92. The predicted molar refractivity (Wildman–Crippen MR) is 76.3 cm³/mol. The van der Waals surface area contributed by atoms with Crippen molar-refractivity contribution in [3.05, 3.63) is 40.9 Å². The summed E-state index contributed by atoms with van der Waals surface area (Å²) in [5, 5.41) is 9.48. The molecule has 0 aliphatic heterocycles. The van der Waals surface area contributed by atoms with Gasteiger partial charge in [-0.05, 0) is 12.1 Å². The minimum atomic E-state index is -0.544. The fourth-order valence-corrected chi connectivity index (χ4v) is 2.03. The first-order valence-corrected chi connectivity index (χ1v) is 6.36. The van der Waals surface area contributed by atoms with Gasteiger partial charge in [0.05, 0.1) is 38.3 Å². The monoisotopic (exact) mass is 308 g/mol. The first-order chi connectivity index (χ1) is 10.1. The molecule has 21 heavy (non-hydrogen) atoms. The van der Waals surface area contributed by atoms with Crippen LogP contribution in [-0.2, 0) is 11.3 Å². The highest BCUT2D eigenvalue weighted by molar-refractivity contribution is 6.29. The molecule has 0 unspecified atom stereocenters. The Morgan fingerprint density at radius 2 is 2.00 bits per heavy atom. The highest BCUT2D eigenvalue weighted by Gasteiger charge is 2.18. The minimum Gasteiger partial charge on any atom is -0.494 e. The van der Waals surface area contributed by atoms with E-state index in [-0.39, 0.29) is 17.3 Å². The van der Waals surface area contributed by atoms with Gasteiger partial charge < -0.3 is 14.6 Å². The molecule has 0 atom stereocenters. The Kier molecular flexibility index (Phi) is 4.72.